The number of aryl methyl sites for hydroxylation is 3. The number of hydrogen-bond acceptors (Lipinski definition) is 3. The standard InChI is InChI=1S/C22H19ClN4O/c1-13-9-10-16(23)12-19(13)25-22(28)18-11-14(2)24-21-20(18)15(3)26-27(21)17-7-5-4-6-8-17/h4-12H,1-3H3,(H,25,28). The molecule has 0 bridgehead atoms. The van der Waals surface area contributed by atoms with Crippen molar-refractivity contribution in [2.75, 3.05) is 5.32 Å². The lowest BCUT2D eigenvalue weighted by molar-refractivity contribution is 0.102. The Labute approximate surface area is 168 Å². The van der Waals surface area contributed by atoms with Crippen LogP contribution in [0.15, 0.2) is 54.6 Å². The average Bonchev–Trinajstić information content (AvgIpc) is 3.01. The van der Waals surface area contributed by atoms with Crippen molar-refractivity contribution in [1.82, 2.24) is 14.8 Å². The molecule has 2 heterocycles. The smallest absolute Gasteiger partial charge is 0.256 e. The highest BCUT2D eigenvalue weighted by Crippen LogP contribution is 2.27. The Morgan fingerprint density at radius 2 is 1.79 bits per heavy atom. The number of nitrogens with one attached hydrogen (secondary N) is 1. The number of nitrogens with zero attached hydrogens (tertiary/aromatic N) is 3. The highest BCUT2D eigenvalue weighted by Gasteiger charge is 2.20. The van der Waals surface area contributed by atoms with E-state index >= 15 is 0 Å². The molecule has 4 rings (SSSR count). The lowest BCUT2D eigenvalue weighted by atomic mass is 10.1. The summed E-state index contributed by atoms with van der Waals surface area (Å²) >= 11 is 6.09. The fraction of sp³-hybridized carbons (Fsp3) is 0.136. The molecule has 2 aromatic carbocycles. The number of benzene rings is 2. The monoisotopic (exact) mass is 390 g/mol. The fourth-order valence-corrected chi connectivity index (χ4v) is 3.43. The molecule has 5 nitrogen and oxygen atoms in total. The highest BCUT2D eigenvalue weighted by atomic mass is 35.5. The van der Waals surface area contributed by atoms with Crippen LogP contribution < -0.4 is 5.32 Å². The fourth-order valence-electron chi connectivity index (χ4n) is 3.26. The molecule has 0 spiro atoms. The van der Waals surface area contributed by atoms with Crippen LogP contribution in [-0.2, 0) is 0 Å². The summed E-state index contributed by atoms with van der Waals surface area (Å²) < 4.78 is 1.78. The van der Waals surface area contributed by atoms with Crippen molar-refractivity contribution in [3.8, 4) is 5.69 Å². The number of para-hydroxylation sites is 1. The molecule has 0 saturated heterocycles. The predicted octanol–water partition coefficient (Wildman–Crippen LogP) is 5.25. The van der Waals surface area contributed by atoms with Crippen molar-refractivity contribution in [3.05, 3.63) is 82.1 Å². The first-order chi connectivity index (χ1) is 13.4. The van der Waals surface area contributed by atoms with E-state index in [4.69, 9.17) is 11.6 Å². The van der Waals surface area contributed by atoms with Gasteiger partial charge in [0.1, 0.15) is 0 Å². The molecule has 140 valence electrons. The van der Waals surface area contributed by atoms with Gasteiger partial charge in [-0.2, -0.15) is 5.10 Å². The van der Waals surface area contributed by atoms with Gasteiger partial charge in [-0.15, -0.1) is 0 Å². The SMILES string of the molecule is Cc1cc(C(=O)Nc2cc(Cl)ccc2C)c2c(C)nn(-c3ccccc3)c2n1. The summed E-state index contributed by atoms with van der Waals surface area (Å²) in [4.78, 5) is 17.8. The number of fused-ring (bicyclic) bond motifs is 1. The molecule has 2 aromatic heterocycles. The molecule has 0 radical (unpaired) electrons. The van der Waals surface area contributed by atoms with E-state index in [1.807, 2.05) is 57.2 Å². The molecule has 6 heteroatoms. The minimum atomic E-state index is -0.212. The Balaban J connectivity index is 1.84. The van der Waals surface area contributed by atoms with Crippen LogP contribution in [0.3, 0.4) is 0 Å². The third kappa shape index (κ3) is 3.25. The largest absolute Gasteiger partial charge is 0.322 e. The zero-order valence-electron chi connectivity index (χ0n) is 15.8. The molecular formula is C22H19ClN4O. The zero-order chi connectivity index (χ0) is 19.8. The minimum absolute atomic E-state index is 0.212. The van der Waals surface area contributed by atoms with Crippen LogP contribution in [0.25, 0.3) is 16.7 Å². The van der Waals surface area contributed by atoms with Crippen LogP contribution in [0, 0.1) is 20.8 Å². The Hall–Kier alpha value is -3.18. The van der Waals surface area contributed by atoms with E-state index in [1.165, 1.54) is 0 Å². The number of carbonyl (C=O) groups excluding carboxylic acids is 1. The van der Waals surface area contributed by atoms with Crippen LogP contribution >= 0.6 is 11.6 Å². The molecule has 1 N–H and O–H groups in total. The lowest BCUT2D eigenvalue weighted by Gasteiger charge is -2.11. The summed E-state index contributed by atoms with van der Waals surface area (Å²) in [7, 11) is 0. The van der Waals surface area contributed by atoms with E-state index in [9.17, 15) is 4.79 Å². The molecule has 0 atom stereocenters. The van der Waals surface area contributed by atoms with E-state index in [0.717, 1.165) is 28.0 Å². The van der Waals surface area contributed by atoms with Crippen molar-refractivity contribution >= 4 is 34.2 Å². The van der Waals surface area contributed by atoms with Gasteiger partial charge < -0.3 is 5.32 Å². The minimum Gasteiger partial charge on any atom is -0.322 e. The van der Waals surface area contributed by atoms with Gasteiger partial charge in [0.2, 0.25) is 0 Å². The van der Waals surface area contributed by atoms with Crippen LogP contribution in [-0.4, -0.2) is 20.7 Å². The van der Waals surface area contributed by atoms with Crippen molar-refractivity contribution in [2.24, 2.45) is 0 Å². The summed E-state index contributed by atoms with van der Waals surface area (Å²) in [6, 6.07) is 17.0. The first-order valence-corrected chi connectivity index (χ1v) is 9.32. The second-order valence-corrected chi connectivity index (χ2v) is 7.19. The number of hydrogen-bond donors (Lipinski definition) is 1. The molecule has 4 aromatic rings. The van der Waals surface area contributed by atoms with Gasteiger partial charge in [0.05, 0.1) is 22.3 Å². The van der Waals surface area contributed by atoms with E-state index in [2.05, 4.69) is 15.4 Å². The zero-order valence-corrected chi connectivity index (χ0v) is 16.6. The van der Waals surface area contributed by atoms with Crippen molar-refractivity contribution in [3.63, 3.8) is 0 Å². The maximum Gasteiger partial charge on any atom is 0.256 e. The summed E-state index contributed by atoms with van der Waals surface area (Å²) in [5.74, 6) is -0.212. The predicted molar refractivity (Wildman–Crippen MR) is 112 cm³/mol. The van der Waals surface area contributed by atoms with Gasteiger partial charge in [0.25, 0.3) is 5.91 Å². The number of rotatable bonds is 3. The average molecular weight is 391 g/mol. The van der Waals surface area contributed by atoms with Gasteiger partial charge in [-0.05, 0) is 56.7 Å². The molecule has 28 heavy (non-hydrogen) atoms. The third-order valence-corrected chi connectivity index (χ3v) is 4.87. The number of halogens is 1. The second-order valence-electron chi connectivity index (χ2n) is 6.76. The Kier molecular flexibility index (Phi) is 4.61. The summed E-state index contributed by atoms with van der Waals surface area (Å²) in [5.41, 5.74) is 5.23. The Morgan fingerprint density at radius 1 is 1.04 bits per heavy atom. The molecule has 0 aliphatic heterocycles. The van der Waals surface area contributed by atoms with Crippen LogP contribution in [0.5, 0.6) is 0 Å². The van der Waals surface area contributed by atoms with E-state index in [1.54, 1.807) is 22.9 Å². The maximum absolute atomic E-state index is 13.1. The van der Waals surface area contributed by atoms with Gasteiger partial charge >= 0.3 is 0 Å². The molecule has 0 aliphatic carbocycles. The number of pyridine rings is 1. The van der Waals surface area contributed by atoms with Crippen molar-refractivity contribution < 1.29 is 4.79 Å². The van der Waals surface area contributed by atoms with Gasteiger partial charge in [0.15, 0.2) is 5.65 Å². The topological polar surface area (TPSA) is 59.8 Å². The van der Waals surface area contributed by atoms with E-state index < -0.39 is 0 Å². The van der Waals surface area contributed by atoms with Gasteiger partial charge in [-0.25, -0.2) is 9.67 Å². The number of carbonyl (C=O) groups is 1. The Morgan fingerprint density at radius 3 is 2.54 bits per heavy atom. The van der Waals surface area contributed by atoms with Crippen LogP contribution in [0.4, 0.5) is 5.69 Å². The molecule has 0 fully saturated rings. The first kappa shape index (κ1) is 18.2. The van der Waals surface area contributed by atoms with Crippen LogP contribution in [0.1, 0.15) is 27.3 Å². The third-order valence-electron chi connectivity index (χ3n) is 4.63. The molecule has 0 unspecified atom stereocenters. The Bertz CT molecular complexity index is 1200. The molecular weight excluding hydrogens is 372 g/mol. The number of aromatic nitrogens is 3. The summed E-state index contributed by atoms with van der Waals surface area (Å²) in [6.45, 7) is 5.69. The van der Waals surface area contributed by atoms with Crippen molar-refractivity contribution in [1.29, 1.82) is 0 Å². The lowest BCUT2D eigenvalue weighted by Crippen LogP contribution is -2.14. The maximum atomic E-state index is 13.1. The normalized spacial score (nSPS) is 11.0. The first-order valence-electron chi connectivity index (χ1n) is 8.94. The van der Waals surface area contributed by atoms with Gasteiger partial charge in [-0.1, -0.05) is 35.9 Å². The number of anilines is 1. The summed E-state index contributed by atoms with van der Waals surface area (Å²) in [5, 5.41) is 8.93. The molecule has 0 saturated carbocycles. The van der Waals surface area contributed by atoms with E-state index in [0.29, 0.717) is 21.9 Å². The second kappa shape index (κ2) is 7.09. The summed E-state index contributed by atoms with van der Waals surface area (Å²) in [6.07, 6.45) is 0. The van der Waals surface area contributed by atoms with Gasteiger partial charge in [-0.3, -0.25) is 4.79 Å². The van der Waals surface area contributed by atoms with Crippen LogP contribution in [0.2, 0.25) is 5.02 Å². The molecule has 0 aliphatic rings. The molecule has 1 amide bonds. The van der Waals surface area contributed by atoms with E-state index in [-0.39, 0.29) is 5.91 Å². The van der Waals surface area contributed by atoms with Gasteiger partial charge in [0, 0.05) is 16.4 Å². The van der Waals surface area contributed by atoms with Crippen molar-refractivity contribution in [2.45, 2.75) is 20.8 Å². The highest BCUT2D eigenvalue weighted by molar-refractivity contribution is 6.31. The number of amides is 1. The quantitative estimate of drug-likeness (QED) is 0.519.